The van der Waals surface area contributed by atoms with E-state index in [1.54, 1.807) is 7.11 Å². The monoisotopic (exact) mass is 287 g/mol. The number of ether oxygens (including phenoxy) is 2. The van der Waals surface area contributed by atoms with Crippen molar-refractivity contribution in [3.63, 3.8) is 0 Å². The molecule has 0 amide bonds. The minimum atomic E-state index is 0.667. The molecule has 0 saturated heterocycles. The van der Waals surface area contributed by atoms with Gasteiger partial charge in [-0.2, -0.15) is 0 Å². The molecule has 0 fully saturated rings. The van der Waals surface area contributed by atoms with Crippen molar-refractivity contribution >= 4 is 15.9 Å². The lowest BCUT2D eigenvalue weighted by Gasteiger charge is -2.09. The first-order chi connectivity index (χ1) is 7.77. The SMILES string of the molecule is COCCCOc1ccc(CCN)cc1Br. The second-order valence-electron chi connectivity index (χ2n) is 3.50. The highest BCUT2D eigenvalue weighted by Crippen LogP contribution is 2.26. The van der Waals surface area contributed by atoms with Crippen LogP contribution >= 0.6 is 15.9 Å². The van der Waals surface area contributed by atoms with Gasteiger partial charge in [-0.3, -0.25) is 0 Å². The summed E-state index contributed by atoms with van der Waals surface area (Å²) in [4.78, 5) is 0. The zero-order valence-corrected chi connectivity index (χ0v) is 11.1. The Morgan fingerprint density at radius 1 is 1.31 bits per heavy atom. The van der Waals surface area contributed by atoms with E-state index in [2.05, 4.69) is 22.0 Å². The van der Waals surface area contributed by atoms with E-state index in [-0.39, 0.29) is 0 Å². The maximum atomic E-state index is 5.61. The maximum Gasteiger partial charge on any atom is 0.133 e. The Bertz CT molecular complexity index is 318. The highest BCUT2D eigenvalue weighted by atomic mass is 79.9. The van der Waals surface area contributed by atoms with Crippen molar-refractivity contribution in [2.75, 3.05) is 26.9 Å². The summed E-state index contributed by atoms with van der Waals surface area (Å²) in [7, 11) is 1.69. The summed E-state index contributed by atoms with van der Waals surface area (Å²) >= 11 is 3.49. The molecule has 0 heterocycles. The molecule has 1 aromatic carbocycles. The molecule has 3 nitrogen and oxygen atoms in total. The summed E-state index contributed by atoms with van der Waals surface area (Å²) in [6.45, 7) is 2.06. The van der Waals surface area contributed by atoms with Gasteiger partial charge in [-0.05, 0) is 46.6 Å². The number of rotatable bonds is 7. The molecule has 0 unspecified atom stereocenters. The van der Waals surface area contributed by atoms with E-state index in [0.717, 1.165) is 29.7 Å². The van der Waals surface area contributed by atoms with Gasteiger partial charge >= 0.3 is 0 Å². The molecule has 1 aromatic rings. The molecule has 4 heteroatoms. The predicted molar refractivity (Wildman–Crippen MR) is 68.9 cm³/mol. The van der Waals surface area contributed by atoms with Crippen molar-refractivity contribution in [3.8, 4) is 5.75 Å². The highest BCUT2D eigenvalue weighted by Gasteiger charge is 2.02. The average Bonchev–Trinajstić information content (AvgIpc) is 2.27. The molecule has 1 rings (SSSR count). The molecule has 0 aliphatic carbocycles. The molecule has 90 valence electrons. The topological polar surface area (TPSA) is 44.5 Å². The van der Waals surface area contributed by atoms with Crippen LogP contribution in [0.25, 0.3) is 0 Å². The number of halogens is 1. The second-order valence-corrected chi connectivity index (χ2v) is 4.35. The molecule has 16 heavy (non-hydrogen) atoms. The Kier molecular flexibility index (Phi) is 6.45. The molecule has 0 spiro atoms. The van der Waals surface area contributed by atoms with Crippen LogP contribution in [0.15, 0.2) is 22.7 Å². The zero-order chi connectivity index (χ0) is 11.8. The Morgan fingerprint density at radius 2 is 2.12 bits per heavy atom. The Labute approximate surface area is 105 Å². The van der Waals surface area contributed by atoms with Crippen molar-refractivity contribution < 1.29 is 9.47 Å². The van der Waals surface area contributed by atoms with Gasteiger partial charge in [0, 0.05) is 20.1 Å². The van der Waals surface area contributed by atoms with Crippen molar-refractivity contribution in [1.29, 1.82) is 0 Å². The highest BCUT2D eigenvalue weighted by molar-refractivity contribution is 9.10. The van der Waals surface area contributed by atoms with E-state index >= 15 is 0 Å². The third kappa shape index (κ3) is 4.51. The second kappa shape index (κ2) is 7.65. The van der Waals surface area contributed by atoms with Crippen LogP contribution in [0.5, 0.6) is 5.75 Å². The molecular weight excluding hydrogens is 270 g/mol. The quantitative estimate of drug-likeness (QED) is 0.783. The summed E-state index contributed by atoms with van der Waals surface area (Å²) < 4.78 is 11.6. The third-order valence-electron chi connectivity index (χ3n) is 2.18. The molecule has 0 atom stereocenters. The summed E-state index contributed by atoms with van der Waals surface area (Å²) in [5.41, 5.74) is 6.72. The van der Waals surface area contributed by atoms with Gasteiger partial charge in [-0.1, -0.05) is 6.07 Å². The van der Waals surface area contributed by atoms with Gasteiger partial charge in [0.2, 0.25) is 0 Å². The molecule has 0 aliphatic rings. The lowest BCUT2D eigenvalue weighted by Crippen LogP contribution is -2.04. The molecule has 0 bridgehead atoms. The van der Waals surface area contributed by atoms with Crippen molar-refractivity contribution in [2.24, 2.45) is 5.73 Å². The van der Waals surface area contributed by atoms with Crippen LogP contribution < -0.4 is 10.5 Å². The zero-order valence-electron chi connectivity index (χ0n) is 9.54. The Hall–Kier alpha value is -0.580. The largest absolute Gasteiger partial charge is 0.492 e. The molecule has 0 aromatic heterocycles. The summed E-state index contributed by atoms with van der Waals surface area (Å²) in [6, 6.07) is 6.07. The van der Waals surface area contributed by atoms with Crippen LogP contribution in [0.3, 0.4) is 0 Å². The number of nitrogens with two attached hydrogens (primary N) is 1. The van der Waals surface area contributed by atoms with E-state index in [0.29, 0.717) is 13.2 Å². The van der Waals surface area contributed by atoms with Crippen molar-refractivity contribution in [3.05, 3.63) is 28.2 Å². The summed E-state index contributed by atoms with van der Waals surface area (Å²) in [5.74, 6) is 0.872. The van der Waals surface area contributed by atoms with Crippen LogP contribution in [0.1, 0.15) is 12.0 Å². The lowest BCUT2D eigenvalue weighted by molar-refractivity contribution is 0.172. The van der Waals surface area contributed by atoms with Gasteiger partial charge in [0.25, 0.3) is 0 Å². The van der Waals surface area contributed by atoms with Crippen LogP contribution in [-0.2, 0) is 11.2 Å². The maximum absolute atomic E-state index is 5.61. The number of hydrogen-bond acceptors (Lipinski definition) is 3. The Morgan fingerprint density at radius 3 is 2.75 bits per heavy atom. The summed E-state index contributed by atoms with van der Waals surface area (Å²) in [6.07, 6.45) is 1.79. The molecule has 0 radical (unpaired) electrons. The minimum absolute atomic E-state index is 0.667. The Balaban J connectivity index is 2.47. The van der Waals surface area contributed by atoms with Crippen LogP contribution in [0.2, 0.25) is 0 Å². The van der Waals surface area contributed by atoms with Gasteiger partial charge < -0.3 is 15.2 Å². The molecule has 0 saturated carbocycles. The van der Waals surface area contributed by atoms with Gasteiger partial charge in [-0.15, -0.1) is 0 Å². The third-order valence-corrected chi connectivity index (χ3v) is 2.80. The lowest BCUT2D eigenvalue weighted by atomic mass is 10.1. The fourth-order valence-corrected chi connectivity index (χ4v) is 1.91. The molecular formula is C12H18BrNO2. The van der Waals surface area contributed by atoms with Gasteiger partial charge in [0.15, 0.2) is 0 Å². The smallest absolute Gasteiger partial charge is 0.133 e. The fraction of sp³-hybridized carbons (Fsp3) is 0.500. The fourth-order valence-electron chi connectivity index (χ4n) is 1.37. The number of methoxy groups -OCH3 is 1. The first-order valence-electron chi connectivity index (χ1n) is 5.38. The number of hydrogen-bond donors (Lipinski definition) is 1. The first kappa shape index (κ1) is 13.5. The standard InChI is InChI=1S/C12H18BrNO2/c1-15-7-2-8-16-12-4-3-10(5-6-14)9-11(12)13/h3-4,9H,2,5-8,14H2,1H3. The van der Waals surface area contributed by atoms with Crippen LogP contribution in [-0.4, -0.2) is 26.9 Å². The normalized spacial score (nSPS) is 10.4. The minimum Gasteiger partial charge on any atom is -0.492 e. The van der Waals surface area contributed by atoms with Crippen LogP contribution in [0, 0.1) is 0 Å². The summed E-state index contributed by atoms with van der Waals surface area (Å²) in [5, 5.41) is 0. The van der Waals surface area contributed by atoms with Crippen molar-refractivity contribution in [2.45, 2.75) is 12.8 Å². The molecule has 2 N–H and O–H groups in total. The van der Waals surface area contributed by atoms with E-state index in [1.165, 1.54) is 5.56 Å². The van der Waals surface area contributed by atoms with E-state index < -0.39 is 0 Å². The van der Waals surface area contributed by atoms with Gasteiger partial charge in [-0.25, -0.2) is 0 Å². The van der Waals surface area contributed by atoms with Crippen molar-refractivity contribution in [1.82, 2.24) is 0 Å². The first-order valence-corrected chi connectivity index (χ1v) is 6.17. The van der Waals surface area contributed by atoms with Gasteiger partial charge in [0.1, 0.15) is 5.75 Å². The van der Waals surface area contributed by atoms with E-state index in [4.69, 9.17) is 15.2 Å². The predicted octanol–water partition coefficient (Wildman–Crippen LogP) is 2.37. The number of benzene rings is 1. The van der Waals surface area contributed by atoms with Crippen LogP contribution in [0.4, 0.5) is 0 Å². The van der Waals surface area contributed by atoms with E-state index in [1.807, 2.05) is 12.1 Å². The molecule has 0 aliphatic heterocycles. The average molecular weight is 288 g/mol. The van der Waals surface area contributed by atoms with E-state index in [9.17, 15) is 0 Å². The van der Waals surface area contributed by atoms with Gasteiger partial charge in [0.05, 0.1) is 11.1 Å².